The molecule has 0 fully saturated rings. The lowest BCUT2D eigenvalue weighted by molar-refractivity contribution is 1.15. The molecule has 0 aliphatic heterocycles. The zero-order valence-electron chi connectivity index (χ0n) is 8.46. The van der Waals surface area contributed by atoms with Gasteiger partial charge in [-0.05, 0) is 28.3 Å². The maximum Gasteiger partial charge on any atom is -0.0109 e. The summed E-state index contributed by atoms with van der Waals surface area (Å²) in [7, 11) is 0. The van der Waals surface area contributed by atoms with Crippen LogP contribution in [0.2, 0.25) is 0 Å². The summed E-state index contributed by atoms with van der Waals surface area (Å²) in [5, 5.41) is 2.60. The number of fused-ring (bicyclic) bond motifs is 1. The number of aryl methyl sites for hydroxylation is 1. The number of benzene rings is 2. The third kappa shape index (κ3) is 1.44. The van der Waals surface area contributed by atoms with Gasteiger partial charge < -0.3 is 0 Å². The number of hydrogen-bond acceptors (Lipinski definition) is 0. The molecule has 0 heterocycles. The summed E-state index contributed by atoms with van der Waals surface area (Å²) in [5.41, 5.74) is 2.60. The van der Waals surface area contributed by atoms with Crippen LogP contribution in [0.25, 0.3) is 16.8 Å². The number of rotatable bonds is 2. The Bertz CT molecular complexity index is 466. The molecule has 0 radical (unpaired) electrons. The Balaban J connectivity index is 2.76. The Morgan fingerprint density at radius 3 is 2.79 bits per heavy atom. The van der Waals surface area contributed by atoms with Gasteiger partial charge in [-0.2, -0.15) is 0 Å². The van der Waals surface area contributed by atoms with Gasteiger partial charge in [0, 0.05) is 0 Å². The topological polar surface area (TPSA) is 0 Å². The summed E-state index contributed by atoms with van der Waals surface area (Å²) in [6.07, 6.45) is 3.00. The van der Waals surface area contributed by atoms with Crippen molar-refractivity contribution in [3.05, 3.63) is 54.1 Å². The summed E-state index contributed by atoms with van der Waals surface area (Å²) in [6, 6.07) is 12.9. The van der Waals surface area contributed by atoms with Gasteiger partial charge in [-0.15, -0.1) is 0 Å². The van der Waals surface area contributed by atoms with Crippen LogP contribution in [0, 0.1) is 0 Å². The van der Waals surface area contributed by atoms with E-state index in [0.717, 1.165) is 6.42 Å². The second-order valence-corrected chi connectivity index (χ2v) is 3.46. The predicted octanol–water partition coefficient (Wildman–Crippen LogP) is 4.05. The van der Waals surface area contributed by atoms with E-state index in [1.54, 1.807) is 0 Å². The fraction of sp³-hybridized carbons (Fsp3) is 0.143. The normalized spacial score (nSPS) is 10.4. The molecule has 0 heteroatoms. The lowest BCUT2D eigenvalue weighted by Crippen LogP contribution is -1.82. The SMILES string of the molecule is C=Cc1cccc2ccc(CC)cc12. The quantitative estimate of drug-likeness (QED) is 0.657. The van der Waals surface area contributed by atoms with Crippen molar-refractivity contribution >= 4 is 16.8 Å². The molecular formula is C14H14. The Morgan fingerprint density at radius 2 is 2.07 bits per heavy atom. The molecule has 2 aromatic rings. The van der Waals surface area contributed by atoms with Gasteiger partial charge in [-0.1, -0.05) is 56.0 Å². The van der Waals surface area contributed by atoms with Crippen molar-refractivity contribution in [3.8, 4) is 0 Å². The highest BCUT2D eigenvalue weighted by atomic mass is 14.0. The Kier molecular flexibility index (Phi) is 2.36. The molecule has 0 bridgehead atoms. The van der Waals surface area contributed by atoms with E-state index in [0.29, 0.717) is 0 Å². The minimum atomic E-state index is 1.08. The van der Waals surface area contributed by atoms with Crippen LogP contribution in [-0.4, -0.2) is 0 Å². The van der Waals surface area contributed by atoms with Crippen molar-refractivity contribution in [2.45, 2.75) is 13.3 Å². The van der Waals surface area contributed by atoms with Crippen molar-refractivity contribution < 1.29 is 0 Å². The molecule has 0 atom stereocenters. The van der Waals surface area contributed by atoms with Crippen molar-refractivity contribution in [3.63, 3.8) is 0 Å². The maximum absolute atomic E-state index is 3.84. The molecule has 0 saturated carbocycles. The van der Waals surface area contributed by atoms with Crippen LogP contribution >= 0.6 is 0 Å². The molecule has 0 aliphatic carbocycles. The molecule has 0 nitrogen and oxygen atoms in total. The summed E-state index contributed by atoms with van der Waals surface area (Å²) in [5.74, 6) is 0. The predicted molar refractivity (Wildman–Crippen MR) is 63.4 cm³/mol. The second kappa shape index (κ2) is 3.67. The van der Waals surface area contributed by atoms with Gasteiger partial charge in [0.25, 0.3) is 0 Å². The Labute approximate surface area is 84.9 Å². The van der Waals surface area contributed by atoms with Crippen LogP contribution in [0.1, 0.15) is 18.1 Å². The zero-order chi connectivity index (χ0) is 9.97. The Hall–Kier alpha value is -1.56. The van der Waals surface area contributed by atoms with Gasteiger partial charge >= 0.3 is 0 Å². The van der Waals surface area contributed by atoms with Crippen LogP contribution in [0.3, 0.4) is 0 Å². The molecule has 0 unspecified atom stereocenters. The van der Waals surface area contributed by atoms with E-state index in [1.165, 1.54) is 21.9 Å². The highest BCUT2D eigenvalue weighted by molar-refractivity contribution is 5.90. The first kappa shape index (κ1) is 9.01. The van der Waals surface area contributed by atoms with E-state index in [1.807, 2.05) is 6.08 Å². The van der Waals surface area contributed by atoms with E-state index in [9.17, 15) is 0 Å². The smallest absolute Gasteiger partial charge is 0.0109 e. The van der Waals surface area contributed by atoms with Crippen LogP contribution in [-0.2, 0) is 6.42 Å². The van der Waals surface area contributed by atoms with E-state index in [-0.39, 0.29) is 0 Å². The third-order valence-electron chi connectivity index (χ3n) is 2.61. The fourth-order valence-electron chi connectivity index (χ4n) is 1.74. The highest BCUT2D eigenvalue weighted by Gasteiger charge is 1.98. The average molecular weight is 182 g/mol. The molecule has 2 rings (SSSR count). The van der Waals surface area contributed by atoms with E-state index < -0.39 is 0 Å². The molecule has 14 heavy (non-hydrogen) atoms. The summed E-state index contributed by atoms with van der Waals surface area (Å²) in [4.78, 5) is 0. The lowest BCUT2D eigenvalue weighted by Gasteiger charge is -2.04. The first-order valence-corrected chi connectivity index (χ1v) is 4.99. The maximum atomic E-state index is 3.84. The molecule has 0 amide bonds. The molecular weight excluding hydrogens is 168 g/mol. The first-order valence-electron chi connectivity index (χ1n) is 4.99. The van der Waals surface area contributed by atoms with Gasteiger partial charge in [0.1, 0.15) is 0 Å². The minimum Gasteiger partial charge on any atom is -0.0984 e. The largest absolute Gasteiger partial charge is 0.0984 e. The molecule has 70 valence electrons. The van der Waals surface area contributed by atoms with E-state index in [4.69, 9.17) is 0 Å². The van der Waals surface area contributed by atoms with Gasteiger partial charge in [0.05, 0.1) is 0 Å². The zero-order valence-corrected chi connectivity index (χ0v) is 8.46. The summed E-state index contributed by atoms with van der Waals surface area (Å²) >= 11 is 0. The number of hydrogen-bond donors (Lipinski definition) is 0. The van der Waals surface area contributed by atoms with Gasteiger partial charge in [-0.25, -0.2) is 0 Å². The monoisotopic (exact) mass is 182 g/mol. The van der Waals surface area contributed by atoms with Gasteiger partial charge in [-0.3, -0.25) is 0 Å². The van der Waals surface area contributed by atoms with E-state index in [2.05, 4.69) is 49.9 Å². The molecule has 0 saturated heterocycles. The van der Waals surface area contributed by atoms with Crippen LogP contribution in [0.15, 0.2) is 43.0 Å². The van der Waals surface area contributed by atoms with Crippen molar-refractivity contribution in [1.29, 1.82) is 0 Å². The minimum absolute atomic E-state index is 1.08. The molecule has 0 spiro atoms. The van der Waals surface area contributed by atoms with Crippen molar-refractivity contribution in [1.82, 2.24) is 0 Å². The summed E-state index contributed by atoms with van der Waals surface area (Å²) in [6.45, 7) is 6.01. The molecule has 0 N–H and O–H groups in total. The summed E-state index contributed by atoms with van der Waals surface area (Å²) < 4.78 is 0. The molecule has 2 aromatic carbocycles. The average Bonchev–Trinajstić information content (AvgIpc) is 2.27. The van der Waals surface area contributed by atoms with Gasteiger partial charge in [0.15, 0.2) is 0 Å². The second-order valence-electron chi connectivity index (χ2n) is 3.46. The molecule has 0 aliphatic rings. The van der Waals surface area contributed by atoms with Crippen LogP contribution < -0.4 is 0 Å². The molecule has 0 aromatic heterocycles. The standard InChI is InChI=1S/C14H14/c1-3-11-8-9-13-7-5-6-12(4-2)14(13)10-11/h4-10H,2-3H2,1H3. The van der Waals surface area contributed by atoms with E-state index >= 15 is 0 Å². The van der Waals surface area contributed by atoms with Crippen LogP contribution in [0.5, 0.6) is 0 Å². The Morgan fingerprint density at radius 1 is 1.21 bits per heavy atom. The van der Waals surface area contributed by atoms with Gasteiger partial charge in [0.2, 0.25) is 0 Å². The third-order valence-corrected chi connectivity index (χ3v) is 2.61. The van der Waals surface area contributed by atoms with Crippen molar-refractivity contribution in [2.75, 3.05) is 0 Å². The van der Waals surface area contributed by atoms with Crippen molar-refractivity contribution in [2.24, 2.45) is 0 Å². The fourth-order valence-corrected chi connectivity index (χ4v) is 1.74. The highest BCUT2D eigenvalue weighted by Crippen LogP contribution is 2.21. The first-order chi connectivity index (χ1) is 6.85. The lowest BCUT2D eigenvalue weighted by atomic mass is 10.0. The van der Waals surface area contributed by atoms with Crippen LogP contribution in [0.4, 0.5) is 0 Å².